The van der Waals surface area contributed by atoms with Gasteiger partial charge in [0.1, 0.15) is 10.8 Å². The zero-order chi connectivity index (χ0) is 17.8. The fourth-order valence-corrected chi connectivity index (χ4v) is 3.40. The lowest BCUT2D eigenvalue weighted by Gasteiger charge is -2.03. The normalized spacial score (nSPS) is 10.5. The van der Waals surface area contributed by atoms with Gasteiger partial charge in [0, 0.05) is 11.4 Å². The van der Waals surface area contributed by atoms with E-state index in [1.165, 1.54) is 17.4 Å². The van der Waals surface area contributed by atoms with E-state index in [1.54, 1.807) is 19.2 Å². The summed E-state index contributed by atoms with van der Waals surface area (Å²) in [6.07, 6.45) is 0.624. The van der Waals surface area contributed by atoms with Crippen molar-refractivity contribution in [2.45, 2.75) is 6.42 Å². The van der Waals surface area contributed by atoms with E-state index in [-0.39, 0.29) is 10.9 Å². The van der Waals surface area contributed by atoms with Crippen molar-refractivity contribution in [1.82, 2.24) is 10.2 Å². The summed E-state index contributed by atoms with van der Waals surface area (Å²) in [5.41, 5.74) is 1.41. The molecule has 0 unspecified atom stereocenters. The molecule has 3 aromatic rings. The van der Waals surface area contributed by atoms with Crippen LogP contribution in [0.5, 0.6) is 5.75 Å². The van der Waals surface area contributed by atoms with Crippen molar-refractivity contribution in [2.75, 3.05) is 12.4 Å². The third-order valence-corrected chi connectivity index (χ3v) is 4.76. The van der Waals surface area contributed by atoms with Gasteiger partial charge in [-0.05, 0) is 35.9 Å². The number of anilines is 1. The molecule has 1 amide bonds. The lowest BCUT2D eigenvalue weighted by atomic mass is 10.1. The second-order valence-corrected chi connectivity index (χ2v) is 7.01. The summed E-state index contributed by atoms with van der Waals surface area (Å²) < 4.78 is 5.13. The van der Waals surface area contributed by atoms with Gasteiger partial charge in [-0.25, -0.2) is 0 Å². The largest absolute Gasteiger partial charge is 0.497 e. The van der Waals surface area contributed by atoms with Crippen molar-refractivity contribution >= 4 is 45.6 Å². The molecule has 0 radical (unpaired) electrons. The number of halogens is 2. The molecule has 8 heteroatoms. The van der Waals surface area contributed by atoms with Gasteiger partial charge in [0.05, 0.1) is 17.7 Å². The number of carbonyl (C=O) groups excluding carboxylic acids is 1. The molecule has 128 valence electrons. The molecule has 1 aromatic heterocycles. The Hall–Kier alpha value is -2.15. The quantitative estimate of drug-likeness (QED) is 0.682. The van der Waals surface area contributed by atoms with Gasteiger partial charge in [-0.15, -0.1) is 10.2 Å². The van der Waals surface area contributed by atoms with Crippen molar-refractivity contribution in [1.29, 1.82) is 0 Å². The van der Waals surface area contributed by atoms with Crippen LogP contribution in [0.25, 0.3) is 0 Å². The van der Waals surface area contributed by atoms with Gasteiger partial charge in [-0.1, -0.05) is 46.7 Å². The summed E-state index contributed by atoms with van der Waals surface area (Å²) >= 11 is 13.2. The van der Waals surface area contributed by atoms with E-state index >= 15 is 0 Å². The van der Waals surface area contributed by atoms with Crippen LogP contribution in [-0.2, 0) is 6.42 Å². The first-order valence-corrected chi connectivity index (χ1v) is 8.84. The lowest BCUT2D eigenvalue weighted by Crippen LogP contribution is -2.12. The van der Waals surface area contributed by atoms with Crippen LogP contribution in [0.2, 0.25) is 10.0 Å². The average molecular weight is 394 g/mol. The van der Waals surface area contributed by atoms with Crippen molar-refractivity contribution < 1.29 is 9.53 Å². The van der Waals surface area contributed by atoms with E-state index in [9.17, 15) is 4.79 Å². The summed E-state index contributed by atoms with van der Waals surface area (Å²) in [6, 6.07) is 12.4. The molecule has 0 saturated heterocycles. The minimum Gasteiger partial charge on any atom is -0.497 e. The van der Waals surface area contributed by atoms with Crippen LogP contribution in [0.3, 0.4) is 0 Å². The number of ether oxygens (including phenoxy) is 1. The molecule has 3 rings (SSSR count). The first-order valence-electron chi connectivity index (χ1n) is 7.27. The minimum absolute atomic E-state index is 0.285. The smallest absolute Gasteiger partial charge is 0.259 e. The predicted molar refractivity (Wildman–Crippen MR) is 100 cm³/mol. The number of carbonyl (C=O) groups is 1. The number of methoxy groups -OCH3 is 1. The number of rotatable bonds is 5. The summed E-state index contributed by atoms with van der Waals surface area (Å²) in [7, 11) is 1.63. The van der Waals surface area contributed by atoms with E-state index in [0.29, 0.717) is 22.1 Å². The van der Waals surface area contributed by atoms with Crippen LogP contribution in [0, 0.1) is 0 Å². The summed E-state index contributed by atoms with van der Waals surface area (Å²) in [6.45, 7) is 0. The number of hydrogen-bond donors (Lipinski definition) is 1. The molecule has 0 atom stereocenters. The van der Waals surface area contributed by atoms with E-state index in [0.717, 1.165) is 16.3 Å². The number of hydrogen-bond acceptors (Lipinski definition) is 5. The standard InChI is InChI=1S/C17H13Cl2N3O2S/c1-24-12-5-2-10(3-6-12)8-15-21-22-17(25-15)20-16(23)13-7-4-11(18)9-14(13)19/h2-7,9H,8H2,1H3,(H,20,22,23). The van der Waals surface area contributed by atoms with Gasteiger partial charge in [0.15, 0.2) is 0 Å². The van der Waals surface area contributed by atoms with Crippen LogP contribution in [0.15, 0.2) is 42.5 Å². The maximum absolute atomic E-state index is 12.3. The Bertz CT molecular complexity index is 897. The van der Waals surface area contributed by atoms with Gasteiger partial charge in [0.2, 0.25) is 5.13 Å². The van der Waals surface area contributed by atoms with Crippen molar-refractivity contribution in [3.05, 3.63) is 68.6 Å². The van der Waals surface area contributed by atoms with E-state index in [1.807, 2.05) is 24.3 Å². The summed E-state index contributed by atoms with van der Waals surface area (Å²) in [4.78, 5) is 12.3. The monoisotopic (exact) mass is 393 g/mol. The molecular weight excluding hydrogens is 381 g/mol. The molecule has 0 aliphatic rings. The van der Waals surface area contributed by atoms with Crippen LogP contribution >= 0.6 is 34.5 Å². The zero-order valence-corrected chi connectivity index (χ0v) is 15.5. The Kier molecular flexibility index (Phi) is 5.53. The Morgan fingerprint density at radius 1 is 1.16 bits per heavy atom. The minimum atomic E-state index is -0.353. The van der Waals surface area contributed by atoms with Gasteiger partial charge >= 0.3 is 0 Å². The summed E-state index contributed by atoms with van der Waals surface area (Å²) in [5.74, 6) is 0.447. The number of nitrogens with one attached hydrogen (secondary N) is 1. The summed E-state index contributed by atoms with van der Waals surface area (Å²) in [5, 5.41) is 12.8. The molecule has 0 spiro atoms. The fourth-order valence-electron chi connectivity index (χ4n) is 2.13. The van der Waals surface area contributed by atoms with Crippen molar-refractivity contribution in [3.8, 4) is 5.75 Å². The Morgan fingerprint density at radius 3 is 2.60 bits per heavy atom. The molecule has 0 fully saturated rings. The third kappa shape index (κ3) is 4.48. The SMILES string of the molecule is COc1ccc(Cc2nnc(NC(=O)c3ccc(Cl)cc3Cl)s2)cc1. The zero-order valence-electron chi connectivity index (χ0n) is 13.1. The maximum Gasteiger partial charge on any atom is 0.259 e. The van der Waals surface area contributed by atoms with Gasteiger partial charge in [-0.3, -0.25) is 10.1 Å². The van der Waals surface area contributed by atoms with E-state index in [4.69, 9.17) is 27.9 Å². The number of benzene rings is 2. The average Bonchev–Trinajstić information content (AvgIpc) is 3.02. The maximum atomic E-state index is 12.3. The fraction of sp³-hybridized carbons (Fsp3) is 0.118. The van der Waals surface area contributed by atoms with E-state index < -0.39 is 0 Å². The van der Waals surface area contributed by atoms with Crippen molar-refractivity contribution in [3.63, 3.8) is 0 Å². The molecule has 0 bridgehead atoms. The third-order valence-electron chi connectivity index (χ3n) is 3.38. The molecule has 0 saturated carbocycles. The molecule has 0 aliphatic carbocycles. The highest BCUT2D eigenvalue weighted by Gasteiger charge is 2.14. The van der Waals surface area contributed by atoms with Gasteiger partial charge < -0.3 is 4.74 Å². The van der Waals surface area contributed by atoms with E-state index in [2.05, 4.69) is 15.5 Å². The number of nitrogens with zero attached hydrogens (tertiary/aromatic N) is 2. The second kappa shape index (κ2) is 7.82. The number of aromatic nitrogens is 2. The van der Waals surface area contributed by atoms with Crippen LogP contribution in [0.1, 0.15) is 20.9 Å². The van der Waals surface area contributed by atoms with Crippen LogP contribution in [0.4, 0.5) is 5.13 Å². The Labute approximate surface area is 158 Å². The molecular formula is C17H13Cl2N3O2S. The predicted octanol–water partition coefficient (Wildman–Crippen LogP) is 4.70. The second-order valence-electron chi connectivity index (χ2n) is 5.10. The number of amides is 1. The Morgan fingerprint density at radius 2 is 1.92 bits per heavy atom. The van der Waals surface area contributed by atoms with Gasteiger partial charge in [-0.2, -0.15) is 0 Å². The highest BCUT2D eigenvalue weighted by atomic mass is 35.5. The first-order chi connectivity index (χ1) is 12.0. The molecule has 5 nitrogen and oxygen atoms in total. The van der Waals surface area contributed by atoms with Crippen molar-refractivity contribution in [2.24, 2.45) is 0 Å². The van der Waals surface area contributed by atoms with Crippen LogP contribution in [-0.4, -0.2) is 23.2 Å². The highest BCUT2D eigenvalue weighted by Crippen LogP contribution is 2.24. The first kappa shape index (κ1) is 17.7. The molecule has 2 aromatic carbocycles. The van der Waals surface area contributed by atoms with Crippen LogP contribution < -0.4 is 10.1 Å². The lowest BCUT2D eigenvalue weighted by molar-refractivity contribution is 0.102. The molecule has 1 N–H and O–H groups in total. The topological polar surface area (TPSA) is 64.1 Å². The van der Waals surface area contributed by atoms with Gasteiger partial charge in [0.25, 0.3) is 5.91 Å². The highest BCUT2D eigenvalue weighted by molar-refractivity contribution is 7.15. The molecule has 1 heterocycles. The molecule has 0 aliphatic heterocycles. The Balaban J connectivity index is 1.67. The molecule has 25 heavy (non-hydrogen) atoms.